The van der Waals surface area contributed by atoms with Crippen LogP contribution < -0.4 is 10.6 Å². The monoisotopic (exact) mass is 435 g/mol. The number of benzene rings is 1. The number of hydrogen-bond acceptors (Lipinski definition) is 5. The van der Waals surface area contributed by atoms with Gasteiger partial charge >= 0.3 is 0 Å². The molecule has 9 heteroatoms. The van der Waals surface area contributed by atoms with E-state index in [4.69, 9.17) is 4.74 Å². The fourth-order valence-corrected chi connectivity index (χ4v) is 5.29. The molecule has 0 bridgehead atoms. The standard InChI is InChI=1S/C21H29N3O5S/c1-2-20(25)22-18-5-3-4-12-24(15-18)30(27,28)19-8-6-17(7-9-19)23-21(26)16-10-13-29-14-11-16/h2,6-9,16,18H,1,3-5,10-15H2,(H,22,25)(H,23,26). The van der Waals surface area contributed by atoms with Crippen molar-refractivity contribution in [1.29, 1.82) is 0 Å². The average molecular weight is 436 g/mol. The molecule has 0 saturated carbocycles. The van der Waals surface area contributed by atoms with Gasteiger partial charge in [0.15, 0.2) is 0 Å². The lowest BCUT2D eigenvalue weighted by atomic mass is 9.99. The van der Waals surface area contributed by atoms with Gasteiger partial charge in [-0.2, -0.15) is 4.31 Å². The molecule has 8 nitrogen and oxygen atoms in total. The number of ether oxygens (including phenoxy) is 1. The summed E-state index contributed by atoms with van der Waals surface area (Å²) in [7, 11) is -3.70. The summed E-state index contributed by atoms with van der Waals surface area (Å²) in [5.41, 5.74) is 0.567. The number of amides is 2. The van der Waals surface area contributed by atoms with Crippen molar-refractivity contribution in [3.05, 3.63) is 36.9 Å². The number of carbonyl (C=O) groups is 2. The molecule has 3 rings (SSSR count). The van der Waals surface area contributed by atoms with Crippen LogP contribution in [0.2, 0.25) is 0 Å². The largest absolute Gasteiger partial charge is 0.381 e. The lowest BCUT2D eigenvalue weighted by molar-refractivity contribution is -0.122. The van der Waals surface area contributed by atoms with Crippen molar-refractivity contribution < 1.29 is 22.7 Å². The fourth-order valence-electron chi connectivity index (χ4n) is 3.77. The molecule has 2 heterocycles. The fraction of sp³-hybridized carbons (Fsp3) is 0.524. The van der Waals surface area contributed by atoms with Gasteiger partial charge in [0.25, 0.3) is 0 Å². The molecule has 30 heavy (non-hydrogen) atoms. The smallest absolute Gasteiger partial charge is 0.243 e. The van der Waals surface area contributed by atoms with Crippen LogP contribution in [0.5, 0.6) is 0 Å². The molecule has 2 aliphatic rings. The number of carbonyl (C=O) groups excluding carboxylic acids is 2. The second-order valence-electron chi connectivity index (χ2n) is 7.67. The van der Waals surface area contributed by atoms with Crippen LogP contribution in [-0.4, -0.2) is 56.9 Å². The Labute approximate surface area is 177 Å². The highest BCUT2D eigenvalue weighted by atomic mass is 32.2. The summed E-state index contributed by atoms with van der Waals surface area (Å²) in [6.45, 7) is 5.24. The third kappa shape index (κ3) is 5.68. The van der Waals surface area contributed by atoms with Gasteiger partial charge in [-0.3, -0.25) is 9.59 Å². The molecule has 1 aromatic carbocycles. The van der Waals surface area contributed by atoms with Gasteiger partial charge in [0.1, 0.15) is 0 Å². The Morgan fingerprint density at radius 3 is 2.47 bits per heavy atom. The van der Waals surface area contributed by atoms with E-state index in [1.165, 1.54) is 22.5 Å². The van der Waals surface area contributed by atoms with E-state index in [0.29, 0.717) is 38.3 Å². The molecule has 2 fully saturated rings. The van der Waals surface area contributed by atoms with Crippen LogP contribution in [0, 0.1) is 5.92 Å². The molecule has 1 aromatic rings. The topological polar surface area (TPSA) is 105 Å². The van der Waals surface area contributed by atoms with Crippen LogP contribution in [0.15, 0.2) is 41.8 Å². The maximum atomic E-state index is 13.1. The third-order valence-electron chi connectivity index (χ3n) is 5.52. The molecule has 1 atom stereocenters. The van der Waals surface area contributed by atoms with Crippen molar-refractivity contribution in [1.82, 2.24) is 9.62 Å². The van der Waals surface area contributed by atoms with Gasteiger partial charge in [-0.25, -0.2) is 8.42 Å². The van der Waals surface area contributed by atoms with Crippen LogP contribution in [0.4, 0.5) is 5.69 Å². The van der Waals surface area contributed by atoms with E-state index in [-0.39, 0.29) is 35.2 Å². The van der Waals surface area contributed by atoms with Crippen molar-refractivity contribution in [2.75, 3.05) is 31.6 Å². The van der Waals surface area contributed by atoms with Crippen LogP contribution >= 0.6 is 0 Å². The lowest BCUT2D eigenvalue weighted by Gasteiger charge is -2.24. The van der Waals surface area contributed by atoms with Gasteiger partial charge in [0.05, 0.1) is 4.90 Å². The number of rotatable bonds is 6. The van der Waals surface area contributed by atoms with Gasteiger partial charge in [0.2, 0.25) is 21.8 Å². The molecule has 2 amide bonds. The summed E-state index contributed by atoms with van der Waals surface area (Å²) < 4.78 is 32.9. The molecule has 164 valence electrons. The molecule has 0 radical (unpaired) electrons. The van der Waals surface area contributed by atoms with Gasteiger partial charge in [-0.1, -0.05) is 13.0 Å². The molecular weight excluding hydrogens is 406 g/mol. The normalized spacial score (nSPS) is 21.4. The number of sulfonamides is 1. The highest BCUT2D eigenvalue weighted by Gasteiger charge is 2.29. The molecule has 1 unspecified atom stereocenters. The van der Waals surface area contributed by atoms with E-state index in [9.17, 15) is 18.0 Å². The zero-order valence-electron chi connectivity index (χ0n) is 17.0. The Kier molecular flexibility index (Phi) is 7.63. The second-order valence-corrected chi connectivity index (χ2v) is 9.61. The van der Waals surface area contributed by atoms with E-state index in [1.807, 2.05) is 0 Å². The van der Waals surface area contributed by atoms with Crippen molar-refractivity contribution in [3.8, 4) is 0 Å². The predicted molar refractivity (Wildman–Crippen MR) is 113 cm³/mol. The minimum atomic E-state index is -3.70. The Balaban J connectivity index is 1.66. The summed E-state index contributed by atoms with van der Waals surface area (Å²) in [4.78, 5) is 24.1. The molecule has 0 aliphatic carbocycles. The Hall–Kier alpha value is -2.23. The Morgan fingerprint density at radius 2 is 1.80 bits per heavy atom. The van der Waals surface area contributed by atoms with E-state index in [0.717, 1.165) is 19.3 Å². The van der Waals surface area contributed by atoms with Gasteiger partial charge in [0, 0.05) is 44.0 Å². The maximum Gasteiger partial charge on any atom is 0.243 e. The van der Waals surface area contributed by atoms with Crippen molar-refractivity contribution in [2.45, 2.75) is 43.0 Å². The summed E-state index contributed by atoms with van der Waals surface area (Å²) in [6, 6.07) is 6.00. The quantitative estimate of drug-likeness (QED) is 0.664. The SMILES string of the molecule is C=CC(=O)NC1CCCCN(S(=O)(=O)c2ccc(NC(=O)C3CCOCC3)cc2)C1. The summed E-state index contributed by atoms with van der Waals surface area (Å²) in [6.07, 6.45) is 4.87. The zero-order valence-corrected chi connectivity index (χ0v) is 17.8. The lowest BCUT2D eigenvalue weighted by Crippen LogP contribution is -2.44. The van der Waals surface area contributed by atoms with Crippen molar-refractivity contribution >= 4 is 27.5 Å². The molecule has 2 aliphatic heterocycles. The van der Waals surface area contributed by atoms with E-state index >= 15 is 0 Å². The number of anilines is 1. The maximum absolute atomic E-state index is 13.1. The molecule has 2 N–H and O–H groups in total. The summed E-state index contributed by atoms with van der Waals surface area (Å²) in [5.74, 6) is -0.451. The van der Waals surface area contributed by atoms with Gasteiger partial charge in [-0.05, 0) is 56.0 Å². The van der Waals surface area contributed by atoms with Crippen molar-refractivity contribution in [2.24, 2.45) is 5.92 Å². The third-order valence-corrected chi connectivity index (χ3v) is 7.40. The van der Waals surface area contributed by atoms with Crippen LogP contribution in [0.1, 0.15) is 32.1 Å². The first-order valence-electron chi connectivity index (χ1n) is 10.3. The average Bonchev–Trinajstić information content (AvgIpc) is 3.00. The summed E-state index contributed by atoms with van der Waals surface area (Å²) in [5, 5.41) is 5.66. The van der Waals surface area contributed by atoms with E-state index in [2.05, 4.69) is 17.2 Å². The zero-order chi connectivity index (χ0) is 21.6. The Morgan fingerprint density at radius 1 is 1.10 bits per heavy atom. The van der Waals surface area contributed by atoms with Crippen LogP contribution in [-0.2, 0) is 24.3 Å². The number of hydrogen-bond donors (Lipinski definition) is 2. The molecular formula is C21H29N3O5S. The first-order chi connectivity index (χ1) is 14.4. The van der Waals surface area contributed by atoms with Gasteiger partial charge in [-0.15, -0.1) is 0 Å². The highest BCUT2D eigenvalue weighted by Crippen LogP contribution is 2.23. The van der Waals surface area contributed by atoms with Crippen LogP contribution in [0.3, 0.4) is 0 Å². The minimum Gasteiger partial charge on any atom is -0.381 e. The number of nitrogens with one attached hydrogen (secondary N) is 2. The van der Waals surface area contributed by atoms with Gasteiger partial charge < -0.3 is 15.4 Å². The number of nitrogens with zero attached hydrogens (tertiary/aromatic N) is 1. The molecule has 2 saturated heterocycles. The van der Waals surface area contributed by atoms with E-state index in [1.54, 1.807) is 12.1 Å². The highest BCUT2D eigenvalue weighted by molar-refractivity contribution is 7.89. The van der Waals surface area contributed by atoms with Crippen molar-refractivity contribution in [3.63, 3.8) is 0 Å². The summed E-state index contributed by atoms with van der Waals surface area (Å²) >= 11 is 0. The predicted octanol–water partition coefficient (Wildman–Crippen LogP) is 1.90. The van der Waals surface area contributed by atoms with Crippen LogP contribution in [0.25, 0.3) is 0 Å². The second kappa shape index (κ2) is 10.2. The first-order valence-corrected chi connectivity index (χ1v) is 11.8. The first kappa shape index (κ1) is 22.5. The Bertz CT molecular complexity index is 863. The van der Waals surface area contributed by atoms with E-state index < -0.39 is 10.0 Å². The molecule has 0 spiro atoms. The molecule has 0 aromatic heterocycles. The minimum absolute atomic E-state index is 0.0674.